The standard InChI is InChI=1S/C23H19N3O5S2/c1-30-23(29)20-15(16-11-17(31-25-16)13-6-3-2-4-7-13)12-33-22-19(21(28)26(20)22)24-18(27)10-14-8-5-9-32-14/h2-9,11,19,22H,10,12H2,1H3,(H,24,27)/t19-,22-/m1/s1. The van der Waals surface area contributed by atoms with Crippen molar-refractivity contribution in [3.05, 3.63) is 70.2 Å². The van der Waals surface area contributed by atoms with Crippen LogP contribution >= 0.6 is 23.1 Å². The predicted octanol–water partition coefficient (Wildman–Crippen LogP) is 2.93. The van der Waals surface area contributed by atoms with Crippen molar-refractivity contribution in [2.45, 2.75) is 17.8 Å². The number of ether oxygens (including phenoxy) is 1. The molecule has 2 amide bonds. The fourth-order valence-electron chi connectivity index (χ4n) is 3.85. The van der Waals surface area contributed by atoms with Crippen molar-refractivity contribution in [1.29, 1.82) is 0 Å². The van der Waals surface area contributed by atoms with Gasteiger partial charge < -0.3 is 14.6 Å². The smallest absolute Gasteiger partial charge is 0.355 e. The largest absolute Gasteiger partial charge is 0.464 e. The molecule has 0 saturated carbocycles. The first-order chi connectivity index (χ1) is 16.1. The van der Waals surface area contributed by atoms with Gasteiger partial charge in [-0.3, -0.25) is 14.5 Å². The molecule has 2 atom stereocenters. The van der Waals surface area contributed by atoms with E-state index in [2.05, 4.69) is 10.5 Å². The lowest BCUT2D eigenvalue weighted by molar-refractivity contribution is -0.151. The van der Waals surface area contributed by atoms with Crippen LogP contribution in [0.2, 0.25) is 0 Å². The molecular formula is C23H19N3O5S2. The highest BCUT2D eigenvalue weighted by molar-refractivity contribution is 8.00. The number of carbonyl (C=O) groups is 3. The zero-order chi connectivity index (χ0) is 22.9. The minimum atomic E-state index is -0.694. The minimum Gasteiger partial charge on any atom is -0.464 e. The first kappa shape index (κ1) is 21.5. The van der Waals surface area contributed by atoms with E-state index >= 15 is 0 Å². The molecule has 1 N–H and O–H groups in total. The lowest BCUT2D eigenvalue weighted by atomic mass is 10.0. The number of nitrogens with zero attached hydrogens (tertiary/aromatic N) is 2. The third-order valence-electron chi connectivity index (χ3n) is 5.46. The maximum absolute atomic E-state index is 13.0. The highest BCUT2D eigenvalue weighted by atomic mass is 32.2. The quantitative estimate of drug-likeness (QED) is 0.427. The Morgan fingerprint density at radius 1 is 1.24 bits per heavy atom. The van der Waals surface area contributed by atoms with E-state index in [1.807, 2.05) is 47.8 Å². The number of hydrogen-bond donors (Lipinski definition) is 1. The Hall–Kier alpha value is -3.37. The van der Waals surface area contributed by atoms with Crippen LogP contribution in [0.3, 0.4) is 0 Å². The normalized spacial score (nSPS) is 19.7. The fourth-order valence-corrected chi connectivity index (χ4v) is 5.91. The summed E-state index contributed by atoms with van der Waals surface area (Å²) in [5, 5.41) is 8.46. The molecule has 2 aliphatic rings. The highest BCUT2D eigenvalue weighted by Crippen LogP contribution is 2.43. The van der Waals surface area contributed by atoms with Gasteiger partial charge in [-0.05, 0) is 11.4 Å². The van der Waals surface area contributed by atoms with Gasteiger partial charge in [0.25, 0.3) is 5.91 Å². The fraction of sp³-hybridized carbons (Fsp3) is 0.217. The Kier molecular flexibility index (Phi) is 5.77. The van der Waals surface area contributed by atoms with Crippen molar-refractivity contribution < 1.29 is 23.6 Å². The summed E-state index contributed by atoms with van der Waals surface area (Å²) in [6, 6.07) is 14.3. The van der Waals surface area contributed by atoms with Crippen LogP contribution in [0, 0.1) is 0 Å². The van der Waals surface area contributed by atoms with E-state index < -0.39 is 12.0 Å². The van der Waals surface area contributed by atoms with Gasteiger partial charge in [0, 0.05) is 27.8 Å². The number of β-lactam (4-membered cyclic amide) rings is 1. The molecular weight excluding hydrogens is 462 g/mol. The van der Waals surface area contributed by atoms with Gasteiger partial charge in [-0.1, -0.05) is 41.6 Å². The molecule has 0 aliphatic carbocycles. The molecule has 0 unspecified atom stereocenters. The van der Waals surface area contributed by atoms with Crippen LogP contribution in [0.1, 0.15) is 10.6 Å². The molecule has 0 radical (unpaired) electrons. The Morgan fingerprint density at radius 3 is 2.79 bits per heavy atom. The van der Waals surface area contributed by atoms with E-state index in [4.69, 9.17) is 9.26 Å². The van der Waals surface area contributed by atoms with Gasteiger partial charge >= 0.3 is 5.97 Å². The third kappa shape index (κ3) is 3.96. The van der Waals surface area contributed by atoms with Crippen molar-refractivity contribution in [3.63, 3.8) is 0 Å². The van der Waals surface area contributed by atoms with Crippen LogP contribution in [0.4, 0.5) is 0 Å². The van der Waals surface area contributed by atoms with Crippen molar-refractivity contribution in [2.24, 2.45) is 0 Å². The maximum atomic E-state index is 13.0. The van der Waals surface area contributed by atoms with Crippen molar-refractivity contribution in [1.82, 2.24) is 15.4 Å². The van der Waals surface area contributed by atoms with Gasteiger partial charge in [0.2, 0.25) is 5.91 Å². The average molecular weight is 482 g/mol. The number of nitrogens with one attached hydrogen (secondary N) is 1. The lowest BCUT2D eigenvalue weighted by Crippen LogP contribution is -2.70. The van der Waals surface area contributed by atoms with Gasteiger partial charge in [-0.15, -0.1) is 23.1 Å². The van der Waals surface area contributed by atoms with E-state index in [1.54, 1.807) is 6.07 Å². The van der Waals surface area contributed by atoms with Gasteiger partial charge in [0.05, 0.1) is 13.5 Å². The predicted molar refractivity (Wildman–Crippen MR) is 124 cm³/mol. The molecule has 168 valence electrons. The van der Waals surface area contributed by atoms with Crippen molar-refractivity contribution in [3.8, 4) is 11.3 Å². The molecule has 4 heterocycles. The second-order valence-corrected chi connectivity index (χ2v) is 9.61. The van der Waals surface area contributed by atoms with Crippen LogP contribution in [0.25, 0.3) is 16.9 Å². The van der Waals surface area contributed by atoms with Crippen LogP contribution < -0.4 is 5.32 Å². The molecule has 2 aliphatic heterocycles. The highest BCUT2D eigenvalue weighted by Gasteiger charge is 2.54. The number of benzene rings is 1. The summed E-state index contributed by atoms with van der Waals surface area (Å²) < 4.78 is 10.5. The molecule has 0 spiro atoms. The molecule has 1 aromatic carbocycles. The van der Waals surface area contributed by atoms with Gasteiger partial charge in [0.1, 0.15) is 22.8 Å². The summed E-state index contributed by atoms with van der Waals surface area (Å²) in [5.74, 6) is -0.234. The van der Waals surface area contributed by atoms with E-state index in [-0.39, 0.29) is 29.3 Å². The molecule has 1 fully saturated rings. The second kappa shape index (κ2) is 8.87. The Morgan fingerprint density at radius 2 is 2.06 bits per heavy atom. The summed E-state index contributed by atoms with van der Waals surface area (Å²) in [5.41, 5.74) is 2.03. The molecule has 1 saturated heterocycles. The van der Waals surface area contributed by atoms with Crippen molar-refractivity contribution in [2.75, 3.05) is 12.9 Å². The summed E-state index contributed by atoms with van der Waals surface area (Å²) in [4.78, 5) is 40.4. The molecule has 0 bridgehead atoms. The Balaban J connectivity index is 1.39. The first-order valence-corrected chi connectivity index (χ1v) is 12.1. The number of thioether (sulfide) groups is 1. The molecule has 3 aromatic rings. The third-order valence-corrected chi connectivity index (χ3v) is 7.61. The van der Waals surface area contributed by atoms with Crippen LogP contribution in [-0.2, 0) is 25.5 Å². The molecule has 5 rings (SSSR count). The number of hydrogen-bond acceptors (Lipinski definition) is 8. The average Bonchev–Trinajstić information content (AvgIpc) is 3.54. The van der Waals surface area contributed by atoms with E-state index in [1.165, 1.54) is 35.1 Å². The van der Waals surface area contributed by atoms with E-state index in [0.717, 1.165) is 10.4 Å². The van der Waals surface area contributed by atoms with E-state index in [0.29, 0.717) is 22.8 Å². The number of esters is 1. The lowest BCUT2D eigenvalue weighted by Gasteiger charge is -2.49. The van der Waals surface area contributed by atoms with E-state index in [9.17, 15) is 14.4 Å². The van der Waals surface area contributed by atoms with Gasteiger partial charge in [-0.25, -0.2) is 4.79 Å². The molecule has 2 aromatic heterocycles. The zero-order valence-electron chi connectivity index (χ0n) is 17.5. The SMILES string of the molecule is COC(=O)C1=C(c2cc(-c3ccccc3)on2)CS[C@@H]2[C@H](NC(=O)Cc3cccs3)C(=O)N12. The summed E-state index contributed by atoms with van der Waals surface area (Å²) in [7, 11) is 1.27. The number of methoxy groups -OCH3 is 1. The number of carbonyl (C=O) groups excluding carboxylic acids is 3. The number of rotatable bonds is 6. The van der Waals surface area contributed by atoms with Gasteiger partial charge in [0.15, 0.2) is 5.76 Å². The molecule has 10 heteroatoms. The molecule has 8 nitrogen and oxygen atoms in total. The van der Waals surface area contributed by atoms with Crippen LogP contribution in [0.5, 0.6) is 0 Å². The monoisotopic (exact) mass is 481 g/mol. The second-order valence-electron chi connectivity index (χ2n) is 7.47. The van der Waals surface area contributed by atoms with Crippen molar-refractivity contribution >= 4 is 46.5 Å². The summed E-state index contributed by atoms with van der Waals surface area (Å²) in [6.07, 6.45) is 0.213. The number of aromatic nitrogens is 1. The number of thiophene rings is 1. The Labute approximate surface area is 197 Å². The van der Waals surface area contributed by atoms with Crippen LogP contribution in [-0.4, -0.2) is 52.1 Å². The number of fused-ring (bicyclic) bond motifs is 1. The Bertz CT molecular complexity index is 1240. The topological polar surface area (TPSA) is 102 Å². The zero-order valence-corrected chi connectivity index (χ0v) is 19.2. The minimum absolute atomic E-state index is 0.142. The van der Waals surface area contributed by atoms with Crippen LogP contribution in [0.15, 0.2) is 64.1 Å². The first-order valence-electron chi connectivity index (χ1n) is 10.2. The summed E-state index contributed by atoms with van der Waals surface area (Å²) >= 11 is 2.95. The molecule has 33 heavy (non-hydrogen) atoms. The number of amides is 2. The summed E-state index contributed by atoms with van der Waals surface area (Å²) in [6.45, 7) is 0. The maximum Gasteiger partial charge on any atom is 0.355 e. The van der Waals surface area contributed by atoms with Gasteiger partial charge in [-0.2, -0.15) is 0 Å².